The van der Waals surface area contributed by atoms with Gasteiger partial charge in [0.25, 0.3) is 0 Å². The van der Waals surface area contributed by atoms with Gasteiger partial charge in [0.05, 0.1) is 0 Å². The van der Waals surface area contributed by atoms with Gasteiger partial charge in [0.1, 0.15) is 0 Å². The first-order chi connectivity index (χ1) is 7.01. The van der Waals surface area contributed by atoms with E-state index in [9.17, 15) is 4.79 Å². The van der Waals surface area contributed by atoms with Crippen LogP contribution in [0.1, 0.15) is 52.4 Å². The third kappa shape index (κ3) is 2.11. The summed E-state index contributed by atoms with van der Waals surface area (Å²) in [6.07, 6.45) is 7.22. The molecule has 0 heterocycles. The summed E-state index contributed by atoms with van der Waals surface area (Å²) in [7, 11) is 0. The zero-order valence-corrected chi connectivity index (χ0v) is 10.7. The van der Waals surface area contributed by atoms with Gasteiger partial charge in [0.15, 0.2) is 5.12 Å². The molecule has 3 aliphatic carbocycles. The third-order valence-corrected chi connectivity index (χ3v) is 5.19. The van der Waals surface area contributed by atoms with Crippen LogP contribution in [-0.2, 0) is 4.79 Å². The van der Waals surface area contributed by atoms with E-state index in [2.05, 4.69) is 26.5 Å². The van der Waals surface area contributed by atoms with Crippen molar-refractivity contribution in [3.05, 3.63) is 0 Å². The molecular formula is C13H22OS. The highest BCUT2D eigenvalue weighted by molar-refractivity contribution is 7.96. The molecule has 0 aliphatic heterocycles. The van der Waals surface area contributed by atoms with Crippen LogP contribution < -0.4 is 0 Å². The van der Waals surface area contributed by atoms with Crippen LogP contribution in [0.2, 0.25) is 0 Å². The molecule has 3 fully saturated rings. The summed E-state index contributed by atoms with van der Waals surface area (Å²) >= 11 is 3.82. The van der Waals surface area contributed by atoms with E-state index in [1.165, 1.54) is 25.7 Å². The van der Waals surface area contributed by atoms with E-state index in [0.29, 0.717) is 11.8 Å². The Balaban J connectivity index is 1.81. The average Bonchev–Trinajstić information content (AvgIpc) is 2.17. The Morgan fingerprint density at radius 3 is 2.67 bits per heavy atom. The minimum atomic E-state index is 0.0524. The Labute approximate surface area is 98.4 Å². The van der Waals surface area contributed by atoms with Gasteiger partial charge in [0.2, 0.25) is 0 Å². The molecule has 0 aromatic carbocycles. The van der Waals surface area contributed by atoms with Crippen LogP contribution in [0.3, 0.4) is 0 Å². The Hall–Kier alpha value is 0.0200. The predicted molar refractivity (Wildman–Crippen MR) is 65.9 cm³/mol. The number of hydrogen-bond donors (Lipinski definition) is 1. The van der Waals surface area contributed by atoms with E-state index < -0.39 is 0 Å². The van der Waals surface area contributed by atoms with E-state index >= 15 is 0 Å². The zero-order chi connectivity index (χ0) is 11.1. The maximum atomic E-state index is 10.8. The Morgan fingerprint density at radius 1 is 1.40 bits per heavy atom. The minimum Gasteiger partial charge on any atom is -0.288 e. The van der Waals surface area contributed by atoms with Gasteiger partial charge in [-0.3, -0.25) is 4.79 Å². The molecule has 0 saturated heterocycles. The van der Waals surface area contributed by atoms with Crippen molar-refractivity contribution in [3.63, 3.8) is 0 Å². The van der Waals surface area contributed by atoms with Crippen molar-refractivity contribution >= 4 is 17.7 Å². The van der Waals surface area contributed by atoms with Gasteiger partial charge >= 0.3 is 0 Å². The molecule has 3 saturated carbocycles. The van der Waals surface area contributed by atoms with Crippen LogP contribution in [0.4, 0.5) is 0 Å². The summed E-state index contributed by atoms with van der Waals surface area (Å²) in [4.78, 5) is 10.8. The third-order valence-electron chi connectivity index (χ3n) is 4.97. The summed E-state index contributed by atoms with van der Waals surface area (Å²) in [6, 6.07) is 0. The van der Waals surface area contributed by atoms with Crippen molar-refractivity contribution in [2.75, 3.05) is 0 Å². The number of thiol groups is 1. The smallest absolute Gasteiger partial charge is 0.185 e. The molecule has 3 rings (SSSR count). The second-order valence-corrected chi connectivity index (χ2v) is 6.48. The van der Waals surface area contributed by atoms with Gasteiger partial charge in [-0.05, 0) is 55.3 Å². The molecule has 2 bridgehead atoms. The lowest BCUT2D eigenvalue weighted by Gasteiger charge is -2.60. The van der Waals surface area contributed by atoms with Crippen molar-refractivity contribution in [2.45, 2.75) is 52.4 Å². The highest BCUT2D eigenvalue weighted by Crippen LogP contribution is 2.62. The van der Waals surface area contributed by atoms with Crippen molar-refractivity contribution in [2.24, 2.45) is 23.2 Å². The monoisotopic (exact) mass is 226 g/mol. The van der Waals surface area contributed by atoms with Gasteiger partial charge < -0.3 is 0 Å². The first-order valence-corrected chi connectivity index (χ1v) is 6.68. The molecule has 0 N–H and O–H groups in total. The number of rotatable bonds is 4. The lowest BCUT2D eigenvalue weighted by atomic mass is 9.45. The van der Waals surface area contributed by atoms with Gasteiger partial charge in [-0.2, -0.15) is 0 Å². The molecule has 3 aliphatic rings. The van der Waals surface area contributed by atoms with Crippen LogP contribution in [0.15, 0.2) is 0 Å². The summed E-state index contributed by atoms with van der Waals surface area (Å²) in [6.45, 7) is 4.86. The average molecular weight is 226 g/mol. The first kappa shape index (κ1) is 11.5. The van der Waals surface area contributed by atoms with Gasteiger partial charge in [-0.25, -0.2) is 0 Å². The van der Waals surface area contributed by atoms with Gasteiger partial charge in [-0.15, -0.1) is 12.6 Å². The fourth-order valence-corrected chi connectivity index (χ4v) is 3.98. The topological polar surface area (TPSA) is 17.1 Å². The lowest BCUT2D eigenvalue weighted by molar-refractivity contribution is -0.113. The van der Waals surface area contributed by atoms with Crippen molar-refractivity contribution < 1.29 is 4.79 Å². The molecule has 0 aromatic rings. The SMILES string of the molecule is CC1(C)[C@H]2CC[C@H](CCCC(=O)S)[C@@H]1C2. The highest BCUT2D eigenvalue weighted by atomic mass is 32.1. The minimum absolute atomic E-state index is 0.0524. The van der Waals surface area contributed by atoms with Gasteiger partial charge in [-0.1, -0.05) is 13.8 Å². The van der Waals surface area contributed by atoms with E-state index in [-0.39, 0.29) is 5.12 Å². The van der Waals surface area contributed by atoms with Crippen LogP contribution in [-0.4, -0.2) is 5.12 Å². The molecule has 0 amide bonds. The molecule has 3 atom stereocenters. The molecule has 15 heavy (non-hydrogen) atoms. The zero-order valence-electron chi connectivity index (χ0n) is 9.83. The van der Waals surface area contributed by atoms with Crippen LogP contribution in [0.25, 0.3) is 0 Å². The molecule has 0 radical (unpaired) electrons. The standard InChI is InChI=1S/C13H22OS/c1-13(2)10-7-6-9(11(13)8-10)4-3-5-12(14)15/h9-11H,3-8H2,1-2H3,(H,14,15)/t9-,10-,11-/m0/s1. The summed E-state index contributed by atoms with van der Waals surface area (Å²) in [5.41, 5.74) is 0.591. The fraction of sp³-hybridized carbons (Fsp3) is 0.923. The molecule has 0 aromatic heterocycles. The molecule has 1 nitrogen and oxygen atoms in total. The Kier molecular flexibility index (Phi) is 3.16. The second-order valence-electron chi connectivity index (χ2n) is 5.98. The number of hydrogen-bond acceptors (Lipinski definition) is 1. The summed E-state index contributed by atoms with van der Waals surface area (Å²) in [5, 5.41) is 0.0524. The molecule has 86 valence electrons. The van der Waals surface area contributed by atoms with Crippen LogP contribution in [0.5, 0.6) is 0 Å². The van der Waals surface area contributed by atoms with E-state index in [4.69, 9.17) is 0 Å². The largest absolute Gasteiger partial charge is 0.288 e. The second kappa shape index (κ2) is 4.12. The predicted octanol–water partition coefficient (Wildman–Crippen LogP) is 3.69. The molecule has 2 heteroatoms. The Bertz CT molecular complexity index is 257. The van der Waals surface area contributed by atoms with E-state index in [1.54, 1.807) is 0 Å². The first-order valence-electron chi connectivity index (χ1n) is 6.23. The van der Waals surface area contributed by atoms with Gasteiger partial charge in [0, 0.05) is 6.42 Å². The van der Waals surface area contributed by atoms with E-state index in [0.717, 1.165) is 24.2 Å². The van der Waals surface area contributed by atoms with Crippen molar-refractivity contribution in [1.29, 1.82) is 0 Å². The van der Waals surface area contributed by atoms with Crippen LogP contribution >= 0.6 is 12.6 Å². The Morgan fingerprint density at radius 2 is 2.13 bits per heavy atom. The van der Waals surface area contributed by atoms with Crippen LogP contribution in [0, 0.1) is 23.2 Å². The molecule has 0 spiro atoms. The maximum Gasteiger partial charge on any atom is 0.185 e. The highest BCUT2D eigenvalue weighted by Gasteiger charge is 2.53. The summed E-state index contributed by atoms with van der Waals surface area (Å²) in [5.74, 6) is 2.81. The normalized spacial score (nSPS) is 37.1. The maximum absolute atomic E-state index is 10.8. The molecule has 0 unspecified atom stereocenters. The van der Waals surface area contributed by atoms with Crippen molar-refractivity contribution in [1.82, 2.24) is 0 Å². The fourth-order valence-electron chi connectivity index (χ4n) is 3.82. The number of carbonyl (C=O) groups is 1. The van der Waals surface area contributed by atoms with E-state index in [1.807, 2.05) is 0 Å². The number of carbonyl (C=O) groups excluding carboxylic acids is 1. The lowest BCUT2D eigenvalue weighted by Crippen LogP contribution is -2.52. The molecular weight excluding hydrogens is 204 g/mol. The number of fused-ring (bicyclic) bond motifs is 2. The quantitative estimate of drug-likeness (QED) is 0.724. The van der Waals surface area contributed by atoms with Crippen molar-refractivity contribution in [3.8, 4) is 0 Å². The summed E-state index contributed by atoms with van der Waals surface area (Å²) < 4.78 is 0.